The number of hydrogen-bond donors (Lipinski definition) is 2. The van der Waals surface area contributed by atoms with E-state index < -0.39 is 41.6 Å². The van der Waals surface area contributed by atoms with Crippen molar-refractivity contribution in [2.24, 2.45) is 0 Å². The number of rotatable bonds is 8. The highest BCUT2D eigenvalue weighted by atomic mass is 16.6. The number of ether oxygens (including phenoxy) is 2. The summed E-state index contributed by atoms with van der Waals surface area (Å²) in [4.78, 5) is 52.3. The van der Waals surface area contributed by atoms with Crippen LogP contribution in [-0.2, 0) is 23.9 Å². The Labute approximate surface area is 195 Å². The van der Waals surface area contributed by atoms with Gasteiger partial charge in [-0.1, -0.05) is 18.2 Å². The molecule has 0 saturated heterocycles. The van der Waals surface area contributed by atoms with Crippen molar-refractivity contribution in [3.8, 4) is 0 Å². The van der Waals surface area contributed by atoms with E-state index in [1.165, 1.54) is 12.0 Å². The van der Waals surface area contributed by atoms with Gasteiger partial charge in [-0.2, -0.15) is 0 Å². The number of aryl methyl sites for hydroxylation is 2. The van der Waals surface area contributed by atoms with Gasteiger partial charge in [0.15, 0.2) is 0 Å². The summed E-state index contributed by atoms with van der Waals surface area (Å²) in [6.45, 7) is 10.2. The fourth-order valence-corrected chi connectivity index (χ4v) is 3.62. The van der Waals surface area contributed by atoms with Gasteiger partial charge in [-0.15, -0.1) is 0 Å². The summed E-state index contributed by atoms with van der Waals surface area (Å²) in [6, 6.07) is 3.61. The van der Waals surface area contributed by atoms with E-state index in [-0.39, 0.29) is 12.6 Å². The van der Waals surface area contributed by atoms with Crippen LogP contribution in [0.3, 0.4) is 0 Å². The average Bonchev–Trinajstić information content (AvgIpc) is 3.53. The maximum absolute atomic E-state index is 13.5. The molecule has 9 nitrogen and oxygen atoms in total. The molecule has 2 N–H and O–H groups in total. The van der Waals surface area contributed by atoms with Crippen LogP contribution in [0.15, 0.2) is 18.2 Å². The summed E-state index contributed by atoms with van der Waals surface area (Å²) >= 11 is 0. The maximum Gasteiger partial charge on any atom is 0.408 e. The molecule has 0 aromatic heterocycles. The second-order valence-electron chi connectivity index (χ2n) is 9.35. The van der Waals surface area contributed by atoms with E-state index in [0.717, 1.165) is 24.0 Å². The van der Waals surface area contributed by atoms with Crippen molar-refractivity contribution in [2.75, 3.05) is 13.7 Å². The van der Waals surface area contributed by atoms with Crippen molar-refractivity contribution < 1.29 is 28.7 Å². The van der Waals surface area contributed by atoms with E-state index in [0.29, 0.717) is 5.56 Å². The average molecular weight is 462 g/mol. The lowest BCUT2D eigenvalue weighted by atomic mass is 9.93. The van der Waals surface area contributed by atoms with E-state index >= 15 is 0 Å². The lowest BCUT2D eigenvalue weighted by Gasteiger charge is -2.35. The zero-order valence-electron chi connectivity index (χ0n) is 20.5. The normalized spacial score (nSPS) is 15.1. The summed E-state index contributed by atoms with van der Waals surface area (Å²) in [7, 11) is 1.24. The Morgan fingerprint density at radius 1 is 1.12 bits per heavy atom. The van der Waals surface area contributed by atoms with Crippen molar-refractivity contribution in [1.29, 1.82) is 0 Å². The van der Waals surface area contributed by atoms with Crippen LogP contribution in [0.1, 0.15) is 63.3 Å². The molecule has 9 heteroatoms. The molecule has 1 fully saturated rings. The molecule has 1 saturated carbocycles. The monoisotopic (exact) mass is 461 g/mol. The van der Waals surface area contributed by atoms with Crippen LogP contribution in [0.25, 0.3) is 0 Å². The van der Waals surface area contributed by atoms with Gasteiger partial charge in [-0.25, -0.2) is 4.79 Å². The Bertz CT molecular complexity index is 884. The van der Waals surface area contributed by atoms with Gasteiger partial charge < -0.3 is 25.0 Å². The molecule has 0 spiro atoms. The number of nitrogens with zero attached hydrogens (tertiary/aromatic N) is 1. The summed E-state index contributed by atoms with van der Waals surface area (Å²) in [5, 5.41) is 5.17. The number of benzene rings is 1. The molecule has 1 aromatic rings. The standard InChI is InChI=1S/C24H35N3O6/c1-14-9-8-10-15(2)19(14)20(21(29)25-13-18(28)32-7)27(17-11-12-17)22(30)16(3)26-23(31)33-24(4,5)6/h8-10,16-17,20H,11-13H2,1-7H3,(H,25,29)(H,26,31). The number of methoxy groups -OCH3 is 1. The first kappa shape index (κ1) is 26.2. The Morgan fingerprint density at radius 2 is 1.70 bits per heavy atom. The van der Waals surface area contributed by atoms with Crippen molar-refractivity contribution >= 4 is 23.9 Å². The third-order valence-electron chi connectivity index (χ3n) is 5.28. The number of nitrogens with one attached hydrogen (secondary N) is 2. The summed E-state index contributed by atoms with van der Waals surface area (Å²) in [5.41, 5.74) is 1.68. The van der Waals surface area contributed by atoms with E-state index in [4.69, 9.17) is 4.74 Å². The Hall–Kier alpha value is -3.10. The van der Waals surface area contributed by atoms with Gasteiger partial charge in [0.1, 0.15) is 24.2 Å². The van der Waals surface area contributed by atoms with Crippen LogP contribution in [0.2, 0.25) is 0 Å². The van der Waals surface area contributed by atoms with Crippen molar-refractivity contribution in [1.82, 2.24) is 15.5 Å². The molecule has 0 aliphatic heterocycles. The molecule has 33 heavy (non-hydrogen) atoms. The largest absolute Gasteiger partial charge is 0.468 e. The molecular formula is C24H35N3O6. The molecule has 2 unspecified atom stereocenters. The number of esters is 1. The quantitative estimate of drug-likeness (QED) is 0.575. The Morgan fingerprint density at radius 3 is 2.18 bits per heavy atom. The summed E-state index contributed by atoms with van der Waals surface area (Å²) < 4.78 is 9.90. The molecule has 1 aliphatic rings. The second kappa shape index (κ2) is 10.7. The maximum atomic E-state index is 13.5. The van der Waals surface area contributed by atoms with Gasteiger partial charge in [-0.05, 0) is 71.1 Å². The fraction of sp³-hybridized carbons (Fsp3) is 0.583. The van der Waals surface area contributed by atoms with Gasteiger partial charge in [0.25, 0.3) is 0 Å². The van der Waals surface area contributed by atoms with Crippen LogP contribution < -0.4 is 10.6 Å². The zero-order chi connectivity index (χ0) is 24.9. The van der Waals surface area contributed by atoms with Crippen LogP contribution in [0.5, 0.6) is 0 Å². The SMILES string of the molecule is COC(=O)CNC(=O)C(c1c(C)cccc1C)N(C(=O)C(C)NC(=O)OC(C)(C)C)C1CC1. The van der Waals surface area contributed by atoms with Gasteiger partial charge in [0.2, 0.25) is 11.8 Å². The van der Waals surface area contributed by atoms with E-state index in [2.05, 4.69) is 15.4 Å². The molecule has 2 rings (SSSR count). The highest BCUT2D eigenvalue weighted by molar-refractivity contribution is 5.93. The van der Waals surface area contributed by atoms with Crippen molar-refractivity contribution in [3.63, 3.8) is 0 Å². The van der Waals surface area contributed by atoms with E-state index in [1.807, 2.05) is 32.0 Å². The van der Waals surface area contributed by atoms with E-state index in [9.17, 15) is 19.2 Å². The predicted octanol–water partition coefficient (Wildman–Crippen LogP) is 2.54. The Kier molecular flexibility index (Phi) is 8.46. The number of carbonyl (C=O) groups is 4. The van der Waals surface area contributed by atoms with Crippen LogP contribution in [0, 0.1) is 13.8 Å². The fourth-order valence-electron chi connectivity index (χ4n) is 3.62. The first-order chi connectivity index (χ1) is 15.4. The second-order valence-corrected chi connectivity index (χ2v) is 9.35. The third-order valence-corrected chi connectivity index (χ3v) is 5.28. The van der Waals surface area contributed by atoms with Crippen LogP contribution in [-0.4, -0.2) is 60.1 Å². The van der Waals surface area contributed by atoms with Crippen molar-refractivity contribution in [2.45, 2.75) is 78.1 Å². The molecular weight excluding hydrogens is 426 g/mol. The highest BCUT2D eigenvalue weighted by Gasteiger charge is 2.44. The molecule has 0 bridgehead atoms. The van der Waals surface area contributed by atoms with E-state index in [1.54, 1.807) is 27.7 Å². The molecule has 1 aromatic carbocycles. The number of hydrogen-bond acceptors (Lipinski definition) is 6. The zero-order valence-corrected chi connectivity index (χ0v) is 20.5. The van der Waals surface area contributed by atoms with Gasteiger partial charge in [0, 0.05) is 6.04 Å². The topological polar surface area (TPSA) is 114 Å². The summed E-state index contributed by atoms with van der Waals surface area (Å²) in [6.07, 6.45) is 0.783. The minimum Gasteiger partial charge on any atom is -0.468 e. The van der Waals surface area contributed by atoms with Gasteiger partial charge in [-0.3, -0.25) is 14.4 Å². The third kappa shape index (κ3) is 7.20. The predicted molar refractivity (Wildman–Crippen MR) is 122 cm³/mol. The smallest absolute Gasteiger partial charge is 0.408 e. The van der Waals surface area contributed by atoms with Gasteiger partial charge in [0.05, 0.1) is 7.11 Å². The summed E-state index contributed by atoms with van der Waals surface area (Å²) in [5.74, 6) is -1.47. The lowest BCUT2D eigenvalue weighted by Crippen LogP contribution is -2.53. The van der Waals surface area contributed by atoms with Crippen LogP contribution in [0.4, 0.5) is 4.79 Å². The first-order valence-corrected chi connectivity index (χ1v) is 11.1. The molecule has 2 atom stereocenters. The molecule has 1 aliphatic carbocycles. The first-order valence-electron chi connectivity index (χ1n) is 11.1. The number of carbonyl (C=O) groups excluding carboxylic acids is 4. The lowest BCUT2D eigenvalue weighted by molar-refractivity contribution is -0.145. The number of amides is 3. The minimum atomic E-state index is -0.959. The molecule has 0 heterocycles. The van der Waals surface area contributed by atoms with Crippen LogP contribution >= 0.6 is 0 Å². The molecule has 0 radical (unpaired) electrons. The van der Waals surface area contributed by atoms with Gasteiger partial charge >= 0.3 is 12.1 Å². The highest BCUT2D eigenvalue weighted by Crippen LogP contribution is 2.37. The molecule has 3 amide bonds. The molecule has 182 valence electrons. The Balaban J connectivity index is 2.38. The minimum absolute atomic E-state index is 0.145. The number of alkyl carbamates (subject to hydrolysis) is 1. The van der Waals surface area contributed by atoms with Crippen molar-refractivity contribution in [3.05, 3.63) is 34.9 Å².